The van der Waals surface area contributed by atoms with Gasteiger partial charge in [0.05, 0.1) is 30.4 Å². The number of nitriles is 2. The first-order valence-electron chi connectivity index (χ1n) is 8.40. The van der Waals surface area contributed by atoms with Crippen molar-refractivity contribution in [1.82, 2.24) is 14.7 Å². The third kappa shape index (κ3) is 5.12. The quantitative estimate of drug-likeness (QED) is 0.615. The van der Waals surface area contributed by atoms with Gasteiger partial charge in [0, 0.05) is 25.8 Å². The summed E-state index contributed by atoms with van der Waals surface area (Å²) in [4.78, 5) is 15.3. The van der Waals surface area contributed by atoms with Crippen LogP contribution in [-0.4, -0.2) is 46.0 Å². The van der Waals surface area contributed by atoms with E-state index in [9.17, 15) is 10.1 Å². The van der Waals surface area contributed by atoms with Crippen LogP contribution in [0.1, 0.15) is 46.1 Å². The Kier molecular flexibility index (Phi) is 5.87. The molecule has 0 unspecified atom stereocenters. The van der Waals surface area contributed by atoms with E-state index in [4.69, 9.17) is 10.00 Å². The van der Waals surface area contributed by atoms with E-state index < -0.39 is 5.60 Å². The average Bonchev–Trinajstić information content (AvgIpc) is 3.04. The molecule has 0 saturated carbocycles. The van der Waals surface area contributed by atoms with Gasteiger partial charge in [0.25, 0.3) is 0 Å². The fourth-order valence-corrected chi connectivity index (χ4v) is 2.71. The Morgan fingerprint density at radius 3 is 2.64 bits per heavy atom. The van der Waals surface area contributed by atoms with Gasteiger partial charge in [0.15, 0.2) is 6.19 Å². The topological polar surface area (TPSA) is 98.2 Å². The van der Waals surface area contributed by atoms with Crippen LogP contribution in [-0.2, 0) is 4.74 Å². The largest absolute Gasteiger partial charge is 0.444 e. The summed E-state index contributed by atoms with van der Waals surface area (Å²) >= 11 is 0. The van der Waals surface area contributed by atoms with Gasteiger partial charge in [-0.25, -0.2) is 4.79 Å². The Morgan fingerprint density at radius 2 is 2.08 bits per heavy atom. The molecule has 2 heterocycles. The van der Waals surface area contributed by atoms with Crippen LogP contribution in [0.5, 0.6) is 0 Å². The van der Waals surface area contributed by atoms with E-state index in [1.807, 2.05) is 37.7 Å². The lowest BCUT2D eigenvalue weighted by Crippen LogP contribution is -2.42. The van der Waals surface area contributed by atoms with Gasteiger partial charge in [-0.05, 0) is 33.6 Å². The molecule has 1 amide bonds. The zero-order chi connectivity index (χ0) is 18.4. The standard InChI is InChI=1S/C17H24N6O2/c1-17(2,3)25-16(24)21-9-5-14(6-10-21)23-12-15(11-20-23)22(13-19)8-4-7-18/h11-12,14H,4-6,8-10H2,1-3H3. The molecule has 0 aliphatic carbocycles. The molecule has 0 atom stereocenters. The molecule has 0 spiro atoms. The van der Waals surface area contributed by atoms with E-state index >= 15 is 0 Å². The molecule has 1 aliphatic heterocycles. The number of ether oxygens (including phenoxy) is 1. The molecule has 1 aromatic rings. The summed E-state index contributed by atoms with van der Waals surface area (Å²) in [5, 5.41) is 22.2. The molecule has 1 aliphatic rings. The molecule has 2 rings (SSSR count). The molecular formula is C17H24N6O2. The molecule has 134 valence electrons. The molecule has 0 radical (unpaired) electrons. The Hall–Kier alpha value is -2.74. The maximum atomic E-state index is 12.1. The van der Waals surface area contributed by atoms with Gasteiger partial charge in [0.1, 0.15) is 5.60 Å². The van der Waals surface area contributed by atoms with Gasteiger partial charge in [0.2, 0.25) is 0 Å². The van der Waals surface area contributed by atoms with E-state index in [1.165, 1.54) is 4.90 Å². The van der Waals surface area contributed by atoms with Crippen LogP contribution in [0.15, 0.2) is 12.4 Å². The maximum absolute atomic E-state index is 12.1. The lowest BCUT2D eigenvalue weighted by Gasteiger charge is -2.33. The van der Waals surface area contributed by atoms with Gasteiger partial charge in [-0.3, -0.25) is 9.58 Å². The molecule has 8 nitrogen and oxygen atoms in total. The molecular weight excluding hydrogens is 320 g/mol. The van der Waals surface area contributed by atoms with Crippen molar-refractivity contribution in [2.45, 2.75) is 51.7 Å². The van der Waals surface area contributed by atoms with E-state index in [2.05, 4.69) is 11.3 Å². The highest BCUT2D eigenvalue weighted by atomic mass is 16.6. The van der Waals surface area contributed by atoms with Crippen LogP contribution in [0, 0.1) is 22.8 Å². The summed E-state index contributed by atoms with van der Waals surface area (Å²) in [6.45, 7) is 7.16. The summed E-state index contributed by atoms with van der Waals surface area (Å²) < 4.78 is 7.25. The highest BCUT2D eigenvalue weighted by molar-refractivity contribution is 5.68. The highest BCUT2D eigenvalue weighted by Gasteiger charge is 2.28. The van der Waals surface area contributed by atoms with Gasteiger partial charge in [-0.1, -0.05) is 0 Å². The first-order valence-corrected chi connectivity index (χ1v) is 8.40. The van der Waals surface area contributed by atoms with Crippen LogP contribution < -0.4 is 4.90 Å². The molecule has 8 heteroatoms. The number of piperidine rings is 1. The third-order valence-corrected chi connectivity index (χ3v) is 3.96. The minimum Gasteiger partial charge on any atom is -0.444 e. The fraction of sp³-hybridized carbons (Fsp3) is 0.647. The number of likely N-dealkylation sites (tertiary alicyclic amines) is 1. The Labute approximate surface area is 148 Å². The van der Waals surface area contributed by atoms with Crippen LogP contribution >= 0.6 is 0 Å². The van der Waals surface area contributed by atoms with Gasteiger partial charge in [-0.2, -0.15) is 15.6 Å². The fourth-order valence-electron chi connectivity index (χ4n) is 2.71. The summed E-state index contributed by atoms with van der Waals surface area (Å²) in [7, 11) is 0. The van der Waals surface area contributed by atoms with Gasteiger partial charge in [-0.15, -0.1) is 0 Å². The highest BCUT2D eigenvalue weighted by Crippen LogP contribution is 2.25. The van der Waals surface area contributed by atoms with Crippen molar-refractivity contribution in [3.8, 4) is 12.3 Å². The molecule has 1 fully saturated rings. The van der Waals surface area contributed by atoms with Crippen molar-refractivity contribution in [2.24, 2.45) is 0 Å². The summed E-state index contributed by atoms with van der Waals surface area (Å²) in [5.74, 6) is 0. The van der Waals surface area contributed by atoms with E-state index in [0.717, 1.165) is 12.8 Å². The van der Waals surface area contributed by atoms with Crippen molar-refractivity contribution in [3.05, 3.63) is 12.4 Å². The van der Waals surface area contributed by atoms with Gasteiger partial charge < -0.3 is 9.64 Å². The third-order valence-electron chi connectivity index (χ3n) is 3.96. The molecule has 25 heavy (non-hydrogen) atoms. The van der Waals surface area contributed by atoms with Crippen molar-refractivity contribution < 1.29 is 9.53 Å². The number of carbonyl (C=O) groups excluding carboxylic acids is 1. The van der Waals surface area contributed by atoms with Crippen LogP contribution in [0.3, 0.4) is 0 Å². The van der Waals surface area contributed by atoms with Crippen LogP contribution in [0.4, 0.5) is 10.5 Å². The first-order chi connectivity index (χ1) is 11.8. The summed E-state index contributed by atoms with van der Waals surface area (Å²) in [6.07, 6.45) is 7.11. The van der Waals surface area contributed by atoms with Crippen molar-refractivity contribution >= 4 is 11.8 Å². The predicted molar refractivity (Wildman–Crippen MR) is 91.5 cm³/mol. The molecule has 0 N–H and O–H groups in total. The number of aromatic nitrogens is 2. The molecule has 1 saturated heterocycles. The second kappa shape index (κ2) is 7.89. The SMILES string of the molecule is CC(C)(C)OC(=O)N1CCC(n2cc(N(C#N)CCC#N)cn2)CC1. The van der Waals surface area contributed by atoms with Gasteiger partial charge >= 0.3 is 6.09 Å². The second-order valence-corrected chi connectivity index (χ2v) is 7.04. The lowest BCUT2D eigenvalue weighted by atomic mass is 10.1. The summed E-state index contributed by atoms with van der Waals surface area (Å²) in [6, 6.07) is 2.22. The van der Waals surface area contributed by atoms with Crippen molar-refractivity contribution in [3.63, 3.8) is 0 Å². The number of amides is 1. The number of hydrogen-bond acceptors (Lipinski definition) is 6. The summed E-state index contributed by atoms with van der Waals surface area (Å²) in [5.41, 5.74) is 0.196. The minimum atomic E-state index is -0.491. The zero-order valence-corrected chi connectivity index (χ0v) is 15.0. The first kappa shape index (κ1) is 18.6. The Morgan fingerprint density at radius 1 is 1.40 bits per heavy atom. The number of nitrogens with zero attached hydrogens (tertiary/aromatic N) is 6. The number of carbonyl (C=O) groups is 1. The maximum Gasteiger partial charge on any atom is 0.410 e. The Bertz CT molecular complexity index is 671. The minimum absolute atomic E-state index is 0.184. The van der Waals surface area contributed by atoms with Crippen LogP contribution in [0.25, 0.3) is 0 Å². The smallest absolute Gasteiger partial charge is 0.410 e. The van der Waals surface area contributed by atoms with Crippen molar-refractivity contribution in [1.29, 1.82) is 10.5 Å². The van der Waals surface area contributed by atoms with E-state index in [1.54, 1.807) is 11.1 Å². The molecule has 1 aromatic heterocycles. The average molecular weight is 344 g/mol. The number of hydrogen-bond donors (Lipinski definition) is 0. The predicted octanol–water partition coefficient (Wildman–Crippen LogP) is 2.66. The van der Waals surface area contributed by atoms with E-state index in [-0.39, 0.29) is 18.6 Å². The second-order valence-electron chi connectivity index (χ2n) is 7.04. The van der Waals surface area contributed by atoms with E-state index in [0.29, 0.717) is 25.3 Å². The number of anilines is 1. The normalized spacial score (nSPS) is 15.3. The monoisotopic (exact) mass is 344 g/mol. The van der Waals surface area contributed by atoms with Crippen LogP contribution in [0.2, 0.25) is 0 Å². The van der Waals surface area contributed by atoms with Crippen molar-refractivity contribution in [2.75, 3.05) is 24.5 Å². The number of rotatable bonds is 4. The molecule has 0 bridgehead atoms. The lowest BCUT2D eigenvalue weighted by molar-refractivity contribution is 0.0185. The molecule has 0 aromatic carbocycles. The zero-order valence-electron chi connectivity index (χ0n) is 15.0. The Balaban J connectivity index is 1.92.